The molecule has 0 aromatic heterocycles. The maximum atomic E-state index is 9.50. The fourth-order valence-electron chi connectivity index (χ4n) is 4.31. The molecule has 0 saturated heterocycles. The minimum absolute atomic E-state index is 0.0775. The van der Waals surface area contributed by atoms with Gasteiger partial charge in [0.25, 0.3) is 0 Å². The zero-order valence-corrected chi connectivity index (χ0v) is 24.2. The van der Waals surface area contributed by atoms with Gasteiger partial charge >= 0.3 is 0 Å². The van der Waals surface area contributed by atoms with Crippen LogP contribution in [0.2, 0.25) is 37.3 Å². The molecule has 0 atom stereocenters. The van der Waals surface area contributed by atoms with Crippen molar-refractivity contribution in [1.82, 2.24) is 0 Å². The number of benzene rings is 2. The van der Waals surface area contributed by atoms with Crippen LogP contribution in [0.5, 0.6) is 11.5 Å². The maximum Gasteiger partial charge on any atom is 0.192 e. The normalized spacial score (nSPS) is 13.3. The van der Waals surface area contributed by atoms with Gasteiger partial charge in [0.15, 0.2) is 8.32 Å². The van der Waals surface area contributed by atoms with Crippen LogP contribution < -0.4 is 0 Å². The molecule has 0 bridgehead atoms. The third-order valence-electron chi connectivity index (χ3n) is 8.18. The molecule has 0 aliphatic heterocycles. The van der Waals surface area contributed by atoms with Crippen molar-refractivity contribution in [2.24, 2.45) is 0 Å². The molecule has 0 saturated carbocycles. The summed E-state index contributed by atoms with van der Waals surface area (Å²) < 4.78 is 7.13. The van der Waals surface area contributed by atoms with E-state index in [9.17, 15) is 10.2 Å². The predicted octanol–water partition coefficient (Wildman–Crippen LogP) is 8.08. The van der Waals surface area contributed by atoms with Crippen LogP contribution in [-0.4, -0.2) is 31.8 Å². The smallest absolute Gasteiger partial charge is 0.192 e. The van der Waals surface area contributed by atoms with Crippen molar-refractivity contribution in [1.29, 1.82) is 0 Å². The summed E-state index contributed by atoms with van der Waals surface area (Å²) in [6.45, 7) is 19.2. The van der Waals surface area contributed by atoms with Gasteiger partial charge < -0.3 is 14.6 Å². The topological polar surface area (TPSA) is 49.7 Å². The highest BCUT2D eigenvalue weighted by molar-refractivity contribution is 6.82. The van der Waals surface area contributed by atoms with Gasteiger partial charge in [-0.05, 0) is 93.1 Å². The molecule has 2 N–H and O–H groups in total. The summed E-state index contributed by atoms with van der Waals surface area (Å²) in [4.78, 5) is 0. The zero-order valence-electron chi connectivity index (χ0n) is 22.2. The second-order valence-electron chi connectivity index (χ2n) is 11.9. The number of hydrogen-bond acceptors (Lipinski definition) is 3. The molecule has 2 aromatic carbocycles. The van der Waals surface area contributed by atoms with Gasteiger partial charge in [0.1, 0.15) is 11.5 Å². The molecule has 5 heteroatoms. The van der Waals surface area contributed by atoms with Gasteiger partial charge in [-0.25, -0.2) is 0 Å². The molecule has 0 aliphatic rings. The summed E-state index contributed by atoms with van der Waals surface area (Å²) in [5.41, 5.74) is 2.58. The van der Waals surface area contributed by atoms with Gasteiger partial charge in [-0.2, -0.15) is 0 Å². The van der Waals surface area contributed by atoms with Crippen molar-refractivity contribution in [3.63, 3.8) is 0 Å². The first-order valence-electron chi connectivity index (χ1n) is 12.4. The summed E-state index contributed by atoms with van der Waals surface area (Å²) >= 11 is 0. The Morgan fingerprint density at radius 1 is 0.697 bits per heavy atom. The number of hydrogen-bond donors (Lipinski definition) is 2. The Balaban J connectivity index is 1.93. The van der Waals surface area contributed by atoms with E-state index >= 15 is 0 Å². The molecule has 2 aromatic rings. The highest BCUT2D eigenvalue weighted by Crippen LogP contribution is 2.46. The van der Waals surface area contributed by atoms with Crippen molar-refractivity contribution in [3.05, 3.63) is 59.7 Å². The quantitative estimate of drug-likeness (QED) is 0.298. The Bertz CT molecular complexity index is 796. The van der Waals surface area contributed by atoms with Crippen LogP contribution in [0.4, 0.5) is 0 Å². The van der Waals surface area contributed by atoms with Crippen LogP contribution in [-0.2, 0) is 17.3 Å². The Kier molecular flexibility index (Phi) is 9.05. The summed E-state index contributed by atoms with van der Waals surface area (Å²) in [7, 11) is -3.60. The van der Waals surface area contributed by atoms with E-state index in [-0.39, 0.29) is 10.3 Å². The average Bonchev–Trinajstić information content (AvgIpc) is 2.70. The number of aromatic hydroxyl groups is 2. The SMILES string of the molecule is CC(C)(O[Si](C)(C)C(C)(C)CCCc1ccc(O)cc1)[Si](C)(C)CCCc1ccc(O)cc1. The molecule has 33 heavy (non-hydrogen) atoms. The summed E-state index contributed by atoms with van der Waals surface area (Å²) in [6.07, 6.45) is 5.53. The van der Waals surface area contributed by atoms with E-state index in [0.717, 1.165) is 32.1 Å². The van der Waals surface area contributed by atoms with Crippen molar-refractivity contribution in [2.75, 3.05) is 0 Å². The van der Waals surface area contributed by atoms with Gasteiger partial charge in [0.05, 0.1) is 8.07 Å². The van der Waals surface area contributed by atoms with Crippen LogP contribution in [0, 0.1) is 0 Å². The van der Waals surface area contributed by atoms with E-state index in [1.54, 1.807) is 24.3 Å². The van der Waals surface area contributed by atoms with E-state index < -0.39 is 16.4 Å². The van der Waals surface area contributed by atoms with E-state index in [4.69, 9.17) is 4.43 Å². The summed E-state index contributed by atoms with van der Waals surface area (Å²) in [5, 5.41) is 19.1. The van der Waals surface area contributed by atoms with Crippen molar-refractivity contribution < 1.29 is 14.6 Å². The lowest BCUT2D eigenvalue weighted by atomic mass is 10.0. The lowest BCUT2D eigenvalue weighted by molar-refractivity contribution is 0.159. The molecule has 0 amide bonds. The molecule has 184 valence electrons. The first-order chi connectivity index (χ1) is 15.2. The van der Waals surface area contributed by atoms with E-state index in [1.165, 1.54) is 17.2 Å². The Morgan fingerprint density at radius 3 is 1.58 bits per heavy atom. The summed E-state index contributed by atoms with van der Waals surface area (Å²) in [6, 6.07) is 16.5. The molecule has 3 nitrogen and oxygen atoms in total. The van der Waals surface area contributed by atoms with E-state index in [0.29, 0.717) is 11.5 Å². The monoisotopic (exact) mass is 486 g/mol. The van der Waals surface area contributed by atoms with E-state index in [1.807, 2.05) is 24.3 Å². The van der Waals surface area contributed by atoms with E-state index in [2.05, 4.69) is 53.9 Å². The van der Waals surface area contributed by atoms with Crippen LogP contribution in [0.15, 0.2) is 48.5 Å². The first-order valence-corrected chi connectivity index (χ1v) is 18.5. The van der Waals surface area contributed by atoms with Gasteiger partial charge in [0, 0.05) is 5.22 Å². The third kappa shape index (κ3) is 7.73. The number of phenols is 2. The maximum absolute atomic E-state index is 9.50. The van der Waals surface area contributed by atoms with Crippen LogP contribution in [0.1, 0.15) is 58.1 Å². The van der Waals surface area contributed by atoms with Gasteiger partial charge in [-0.1, -0.05) is 63.7 Å². The number of aryl methyl sites for hydroxylation is 2. The Hall–Kier alpha value is -1.57. The Morgan fingerprint density at radius 2 is 1.12 bits per heavy atom. The third-order valence-corrected chi connectivity index (χ3v) is 17.9. The van der Waals surface area contributed by atoms with Crippen molar-refractivity contribution >= 4 is 16.4 Å². The summed E-state index contributed by atoms with van der Waals surface area (Å²) in [5.74, 6) is 0.666. The number of rotatable bonds is 12. The molecule has 0 unspecified atom stereocenters. The fourth-order valence-corrected chi connectivity index (χ4v) is 10.2. The lowest BCUT2D eigenvalue weighted by Crippen LogP contribution is -2.59. The molecular weight excluding hydrogens is 440 g/mol. The van der Waals surface area contributed by atoms with Gasteiger partial charge in [-0.3, -0.25) is 0 Å². The highest BCUT2D eigenvalue weighted by Gasteiger charge is 2.48. The minimum Gasteiger partial charge on any atom is -0.508 e. The standard InChI is InChI=1S/C28H46O3Si2/c1-27(2,21-9-11-23-13-17-25(29)18-14-23)33(7,8)31-28(3,4)32(5,6)22-10-12-24-15-19-26(30)20-16-24/h13-20,29-30H,9-12,21-22H2,1-8H3. The molecule has 0 spiro atoms. The second kappa shape index (κ2) is 10.8. The average molecular weight is 487 g/mol. The van der Waals surface area contributed by atoms with Gasteiger partial charge in [-0.15, -0.1) is 0 Å². The van der Waals surface area contributed by atoms with Crippen LogP contribution in [0.25, 0.3) is 0 Å². The highest BCUT2D eigenvalue weighted by atomic mass is 28.4. The van der Waals surface area contributed by atoms with Crippen LogP contribution in [0.3, 0.4) is 0 Å². The number of phenolic OH excluding ortho intramolecular Hbond substituents is 2. The van der Waals surface area contributed by atoms with Gasteiger partial charge in [0.2, 0.25) is 0 Å². The molecule has 0 heterocycles. The molecule has 0 fully saturated rings. The molecule has 0 aliphatic carbocycles. The predicted molar refractivity (Wildman–Crippen MR) is 146 cm³/mol. The van der Waals surface area contributed by atoms with Crippen LogP contribution >= 0.6 is 0 Å². The van der Waals surface area contributed by atoms with Crippen molar-refractivity contribution in [3.8, 4) is 11.5 Å². The zero-order chi connectivity index (χ0) is 24.9. The lowest BCUT2D eigenvalue weighted by Gasteiger charge is -2.50. The molecular formula is C28H46O3Si2. The minimum atomic E-state index is -1.97. The largest absolute Gasteiger partial charge is 0.508 e. The second-order valence-corrected chi connectivity index (χ2v) is 22.0. The Labute approximate surface area is 204 Å². The first kappa shape index (κ1) is 27.7. The molecule has 2 rings (SSSR count). The molecule has 0 radical (unpaired) electrons. The van der Waals surface area contributed by atoms with Crippen molar-refractivity contribution in [2.45, 2.75) is 102 Å². The fraction of sp³-hybridized carbons (Fsp3) is 0.571.